The van der Waals surface area contributed by atoms with Crippen molar-refractivity contribution >= 4 is 117 Å². The number of hydrogen-bond donors (Lipinski definition) is 0. The summed E-state index contributed by atoms with van der Waals surface area (Å²) < 4.78 is 10.2. The van der Waals surface area contributed by atoms with E-state index in [1.165, 1.54) is 139 Å². The van der Waals surface area contributed by atoms with Crippen LogP contribution in [0, 0.1) is 0 Å². The SMILES string of the molecule is c1ccc(-n2c3ccc(-c4ccc(-c5ccc(-c6ccc7c(c6)c6c8c(ccc6n7-c6ccccc6)sc6ccccc68)c6ccccc56)cc4)cc3c3c4c(ccc32)sc2ccccc24)cc1. The molecular formula is C64H38N2S2. The molecule has 15 aromatic rings. The van der Waals surface area contributed by atoms with Crippen molar-refractivity contribution in [2.75, 3.05) is 0 Å². The van der Waals surface area contributed by atoms with Gasteiger partial charge in [0.15, 0.2) is 0 Å². The zero-order chi connectivity index (χ0) is 44.5. The third-order valence-corrected chi connectivity index (χ3v) is 16.6. The molecule has 0 N–H and O–H groups in total. The van der Waals surface area contributed by atoms with E-state index in [4.69, 9.17) is 0 Å². The molecule has 0 spiro atoms. The van der Waals surface area contributed by atoms with E-state index in [2.05, 4.69) is 240 Å². The lowest BCUT2D eigenvalue weighted by Crippen LogP contribution is -1.93. The lowest BCUT2D eigenvalue weighted by atomic mass is 9.91. The third-order valence-electron chi connectivity index (χ3n) is 14.3. The van der Waals surface area contributed by atoms with Gasteiger partial charge in [0.2, 0.25) is 0 Å². The van der Waals surface area contributed by atoms with Crippen LogP contribution in [0.1, 0.15) is 0 Å². The number of hydrogen-bond acceptors (Lipinski definition) is 2. The molecule has 0 saturated carbocycles. The van der Waals surface area contributed by atoms with Crippen LogP contribution in [0.4, 0.5) is 0 Å². The predicted octanol–water partition coefficient (Wildman–Crippen LogP) is 18.8. The number of benzene rings is 11. The van der Waals surface area contributed by atoms with Crippen LogP contribution in [0.5, 0.6) is 0 Å². The van der Waals surface area contributed by atoms with Crippen molar-refractivity contribution in [3.05, 3.63) is 231 Å². The number of fused-ring (bicyclic) bond motifs is 15. The van der Waals surface area contributed by atoms with Crippen molar-refractivity contribution in [3.63, 3.8) is 0 Å². The van der Waals surface area contributed by atoms with Crippen molar-refractivity contribution < 1.29 is 0 Å². The molecule has 4 aromatic heterocycles. The van der Waals surface area contributed by atoms with E-state index in [0.717, 1.165) is 0 Å². The van der Waals surface area contributed by atoms with E-state index in [0.29, 0.717) is 0 Å². The molecule has 0 amide bonds. The Kier molecular flexibility index (Phi) is 8.14. The van der Waals surface area contributed by atoms with Gasteiger partial charge in [0, 0.05) is 73.3 Å². The highest BCUT2D eigenvalue weighted by molar-refractivity contribution is 7.26. The maximum absolute atomic E-state index is 2.44. The Morgan fingerprint density at radius 3 is 1.16 bits per heavy atom. The molecule has 0 fully saturated rings. The summed E-state index contributed by atoms with van der Waals surface area (Å²) in [7, 11) is 0. The van der Waals surface area contributed by atoms with Gasteiger partial charge in [-0.15, -0.1) is 22.7 Å². The second-order valence-corrected chi connectivity index (χ2v) is 20.1. The van der Waals surface area contributed by atoms with E-state index in [1.54, 1.807) is 0 Å². The monoisotopic (exact) mass is 898 g/mol. The fraction of sp³-hybridized carbons (Fsp3) is 0. The molecule has 0 aliphatic rings. The Morgan fingerprint density at radius 2 is 0.632 bits per heavy atom. The largest absolute Gasteiger partial charge is 0.309 e. The van der Waals surface area contributed by atoms with Gasteiger partial charge in [-0.1, -0.05) is 146 Å². The summed E-state index contributed by atoms with van der Waals surface area (Å²) in [6.45, 7) is 0. The molecule has 68 heavy (non-hydrogen) atoms. The van der Waals surface area contributed by atoms with Crippen molar-refractivity contribution in [1.82, 2.24) is 9.13 Å². The van der Waals surface area contributed by atoms with Gasteiger partial charge in [0.1, 0.15) is 0 Å². The summed E-state index contributed by atoms with van der Waals surface area (Å²) >= 11 is 3.76. The fourth-order valence-corrected chi connectivity index (χ4v) is 13.6. The second-order valence-electron chi connectivity index (χ2n) is 18.0. The second kappa shape index (κ2) is 14.6. The van der Waals surface area contributed by atoms with Gasteiger partial charge in [-0.25, -0.2) is 0 Å². The predicted molar refractivity (Wildman–Crippen MR) is 295 cm³/mol. The number of thiophene rings is 2. The van der Waals surface area contributed by atoms with Gasteiger partial charge in [0.05, 0.1) is 22.1 Å². The van der Waals surface area contributed by atoms with Crippen LogP contribution in [0.3, 0.4) is 0 Å². The Balaban J connectivity index is 0.863. The normalized spacial score (nSPS) is 12.1. The van der Waals surface area contributed by atoms with Gasteiger partial charge < -0.3 is 9.13 Å². The van der Waals surface area contributed by atoms with Gasteiger partial charge >= 0.3 is 0 Å². The smallest absolute Gasteiger partial charge is 0.0548 e. The molecule has 11 aromatic carbocycles. The molecule has 15 rings (SSSR count). The van der Waals surface area contributed by atoms with Crippen molar-refractivity contribution in [1.29, 1.82) is 0 Å². The molecule has 0 aliphatic carbocycles. The van der Waals surface area contributed by atoms with E-state index >= 15 is 0 Å². The molecule has 316 valence electrons. The standard InChI is InChI=1S/C64H38N2S2/c1-3-13-43(14-4-1)65-53-31-27-41(37-51(53)61-55(65)33-35-59-63(61)49-19-9-11-21-57(49)67-59)39-23-25-40(26-24-39)45-29-30-46(48-18-8-7-17-47(45)48)42-28-32-54-52(38-42)62-56(66(54)44-15-5-2-6-16-44)34-36-60-64(62)50-20-10-12-22-58(50)68-60/h1-38H. The van der Waals surface area contributed by atoms with Crippen molar-refractivity contribution in [2.24, 2.45) is 0 Å². The summed E-state index contributed by atoms with van der Waals surface area (Å²) in [5, 5.41) is 13.0. The maximum atomic E-state index is 2.44. The van der Waals surface area contributed by atoms with Crippen LogP contribution < -0.4 is 0 Å². The summed E-state index contributed by atoms with van der Waals surface area (Å²) in [6, 6.07) is 85.5. The molecule has 0 radical (unpaired) electrons. The summed E-state index contributed by atoms with van der Waals surface area (Å²) in [4.78, 5) is 0. The van der Waals surface area contributed by atoms with E-state index in [1.807, 2.05) is 22.7 Å². The number of aromatic nitrogens is 2. The molecular weight excluding hydrogens is 861 g/mol. The topological polar surface area (TPSA) is 9.86 Å². The average Bonchev–Trinajstić information content (AvgIpc) is 4.16. The summed E-state index contributed by atoms with van der Waals surface area (Å²) in [5.74, 6) is 0. The average molecular weight is 899 g/mol. The first-order valence-electron chi connectivity index (χ1n) is 23.2. The van der Waals surface area contributed by atoms with E-state index in [-0.39, 0.29) is 0 Å². The molecule has 4 heterocycles. The minimum absolute atomic E-state index is 1.17. The first-order chi connectivity index (χ1) is 33.7. The molecule has 0 atom stereocenters. The van der Waals surface area contributed by atoms with Gasteiger partial charge in [-0.3, -0.25) is 0 Å². The van der Waals surface area contributed by atoms with Gasteiger partial charge in [0.25, 0.3) is 0 Å². The first-order valence-corrected chi connectivity index (χ1v) is 24.9. The van der Waals surface area contributed by atoms with Crippen LogP contribution in [-0.2, 0) is 0 Å². The van der Waals surface area contributed by atoms with Crippen molar-refractivity contribution in [3.8, 4) is 44.8 Å². The zero-order valence-electron chi connectivity index (χ0n) is 36.7. The van der Waals surface area contributed by atoms with Gasteiger partial charge in [-0.05, 0) is 129 Å². The van der Waals surface area contributed by atoms with Crippen LogP contribution in [0.2, 0.25) is 0 Å². The number of para-hydroxylation sites is 2. The Labute approximate surface area is 399 Å². The number of nitrogens with zero attached hydrogens (tertiary/aromatic N) is 2. The van der Waals surface area contributed by atoms with Crippen LogP contribution in [0.15, 0.2) is 231 Å². The molecule has 4 heteroatoms. The lowest BCUT2D eigenvalue weighted by molar-refractivity contribution is 1.18. The van der Waals surface area contributed by atoms with Crippen molar-refractivity contribution in [2.45, 2.75) is 0 Å². The highest BCUT2D eigenvalue weighted by Crippen LogP contribution is 2.47. The first kappa shape index (κ1) is 37.9. The summed E-state index contributed by atoms with van der Waals surface area (Å²) in [6.07, 6.45) is 0. The fourth-order valence-electron chi connectivity index (χ4n) is 11.4. The molecule has 0 aliphatic heterocycles. The van der Waals surface area contributed by atoms with Crippen LogP contribution in [0.25, 0.3) is 139 Å². The third kappa shape index (κ3) is 5.50. The summed E-state index contributed by atoms with van der Waals surface area (Å²) in [5.41, 5.74) is 14.6. The molecule has 2 nitrogen and oxygen atoms in total. The van der Waals surface area contributed by atoms with Gasteiger partial charge in [-0.2, -0.15) is 0 Å². The van der Waals surface area contributed by atoms with E-state index < -0.39 is 0 Å². The molecule has 0 bridgehead atoms. The Hall–Kier alpha value is -8.28. The Morgan fingerprint density at radius 1 is 0.235 bits per heavy atom. The Bertz CT molecular complexity index is 4530. The highest BCUT2D eigenvalue weighted by Gasteiger charge is 2.21. The molecule has 0 unspecified atom stereocenters. The highest BCUT2D eigenvalue weighted by atomic mass is 32.1. The maximum Gasteiger partial charge on any atom is 0.0548 e. The van der Waals surface area contributed by atoms with E-state index in [9.17, 15) is 0 Å². The minimum atomic E-state index is 1.17. The quantitative estimate of drug-likeness (QED) is 0.163. The zero-order valence-corrected chi connectivity index (χ0v) is 38.3. The lowest BCUT2D eigenvalue weighted by Gasteiger charge is -2.13. The van der Waals surface area contributed by atoms with Crippen LogP contribution >= 0.6 is 22.7 Å². The molecule has 0 saturated heterocycles. The van der Waals surface area contributed by atoms with Crippen LogP contribution in [-0.4, -0.2) is 9.13 Å². The minimum Gasteiger partial charge on any atom is -0.309 e. The number of rotatable bonds is 5.